The van der Waals surface area contributed by atoms with Gasteiger partial charge in [0, 0.05) is 12.5 Å². The highest BCUT2D eigenvalue weighted by atomic mass is 16.7. The van der Waals surface area contributed by atoms with Crippen LogP contribution in [0.25, 0.3) is 0 Å². The SMILES string of the molecule is O[C@@H]1CCCC[C@H]1/C=C/CO[C@@H]1CCCCO1. The molecule has 0 spiro atoms. The highest BCUT2D eigenvalue weighted by Gasteiger charge is 2.20. The zero-order valence-electron chi connectivity index (χ0n) is 10.5. The van der Waals surface area contributed by atoms with Crippen LogP contribution in [0.2, 0.25) is 0 Å². The molecule has 3 nitrogen and oxygen atoms in total. The maximum atomic E-state index is 9.80. The molecule has 17 heavy (non-hydrogen) atoms. The molecule has 1 N–H and O–H groups in total. The minimum absolute atomic E-state index is 0.00956. The Balaban J connectivity index is 1.63. The fourth-order valence-corrected chi connectivity index (χ4v) is 2.60. The largest absolute Gasteiger partial charge is 0.393 e. The summed E-state index contributed by atoms with van der Waals surface area (Å²) in [4.78, 5) is 0. The van der Waals surface area contributed by atoms with E-state index in [4.69, 9.17) is 9.47 Å². The molecule has 2 aliphatic rings. The van der Waals surface area contributed by atoms with E-state index in [-0.39, 0.29) is 12.4 Å². The third kappa shape index (κ3) is 4.41. The van der Waals surface area contributed by atoms with Gasteiger partial charge in [-0.25, -0.2) is 0 Å². The van der Waals surface area contributed by atoms with Crippen LogP contribution < -0.4 is 0 Å². The average Bonchev–Trinajstić information content (AvgIpc) is 2.38. The first-order chi connectivity index (χ1) is 8.36. The van der Waals surface area contributed by atoms with Gasteiger partial charge in [-0.2, -0.15) is 0 Å². The standard InChI is InChI=1S/C14H24O3/c15-13-8-2-1-6-12(13)7-5-11-17-14-9-3-4-10-16-14/h5,7,12-15H,1-4,6,8-11H2/b7-5+/t12-,13+,14+/m0/s1. The molecule has 1 aliphatic carbocycles. The van der Waals surface area contributed by atoms with E-state index in [1.54, 1.807) is 0 Å². The van der Waals surface area contributed by atoms with E-state index < -0.39 is 0 Å². The van der Waals surface area contributed by atoms with Crippen LogP contribution >= 0.6 is 0 Å². The predicted octanol–water partition coefficient (Wildman–Crippen LogP) is 2.64. The van der Waals surface area contributed by atoms with E-state index in [0.29, 0.717) is 12.5 Å². The van der Waals surface area contributed by atoms with Gasteiger partial charge in [0.1, 0.15) is 0 Å². The molecule has 0 amide bonds. The summed E-state index contributed by atoms with van der Waals surface area (Å²) in [6.45, 7) is 1.43. The van der Waals surface area contributed by atoms with Crippen LogP contribution in [-0.2, 0) is 9.47 Å². The van der Waals surface area contributed by atoms with Crippen molar-refractivity contribution in [1.82, 2.24) is 0 Å². The van der Waals surface area contributed by atoms with Crippen molar-refractivity contribution in [1.29, 1.82) is 0 Å². The summed E-state index contributed by atoms with van der Waals surface area (Å²) in [5.74, 6) is 0.333. The zero-order chi connectivity index (χ0) is 11.9. The van der Waals surface area contributed by atoms with Crippen molar-refractivity contribution in [3.8, 4) is 0 Å². The van der Waals surface area contributed by atoms with Crippen molar-refractivity contribution < 1.29 is 14.6 Å². The molecule has 0 aromatic heterocycles. The zero-order valence-corrected chi connectivity index (χ0v) is 10.5. The van der Waals surface area contributed by atoms with Gasteiger partial charge in [-0.15, -0.1) is 0 Å². The van der Waals surface area contributed by atoms with Crippen LogP contribution in [0.15, 0.2) is 12.2 Å². The Bertz CT molecular complexity index is 234. The summed E-state index contributed by atoms with van der Waals surface area (Å²) < 4.78 is 11.1. The molecule has 1 saturated heterocycles. The van der Waals surface area contributed by atoms with Crippen LogP contribution in [0, 0.1) is 5.92 Å². The van der Waals surface area contributed by atoms with Crippen LogP contribution in [0.1, 0.15) is 44.9 Å². The lowest BCUT2D eigenvalue weighted by Crippen LogP contribution is -2.23. The van der Waals surface area contributed by atoms with Crippen LogP contribution in [0.3, 0.4) is 0 Å². The van der Waals surface area contributed by atoms with E-state index in [2.05, 4.69) is 6.08 Å². The first-order valence-electron chi connectivity index (χ1n) is 6.94. The minimum Gasteiger partial charge on any atom is -0.393 e. The van der Waals surface area contributed by atoms with E-state index in [9.17, 15) is 5.11 Å². The molecule has 0 radical (unpaired) electrons. The van der Waals surface area contributed by atoms with Gasteiger partial charge >= 0.3 is 0 Å². The lowest BCUT2D eigenvalue weighted by atomic mass is 9.86. The monoisotopic (exact) mass is 240 g/mol. The maximum Gasteiger partial charge on any atom is 0.157 e. The van der Waals surface area contributed by atoms with E-state index >= 15 is 0 Å². The molecule has 1 saturated carbocycles. The molecule has 0 aromatic carbocycles. The molecule has 0 bridgehead atoms. The van der Waals surface area contributed by atoms with Crippen molar-refractivity contribution in [2.45, 2.75) is 57.3 Å². The Morgan fingerprint density at radius 1 is 1.12 bits per heavy atom. The summed E-state index contributed by atoms with van der Waals surface area (Å²) in [5.41, 5.74) is 0. The molecule has 2 rings (SSSR count). The number of rotatable bonds is 4. The molecule has 98 valence electrons. The lowest BCUT2D eigenvalue weighted by Gasteiger charge is -2.25. The smallest absolute Gasteiger partial charge is 0.157 e. The summed E-state index contributed by atoms with van der Waals surface area (Å²) in [6.07, 6.45) is 11.8. The molecule has 1 heterocycles. The van der Waals surface area contributed by atoms with Gasteiger partial charge in [0.2, 0.25) is 0 Å². The first kappa shape index (κ1) is 13.1. The summed E-state index contributed by atoms with van der Waals surface area (Å²) in [6, 6.07) is 0. The third-order valence-corrected chi connectivity index (χ3v) is 3.68. The normalized spacial score (nSPS) is 35.2. The third-order valence-electron chi connectivity index (χ3n) is 3.68. The Hall–Kier alpha value is -0.380. The van der Waals surface area contributed by atoms with E-state index in [1.807, 2.05) is 6.08 Å². The number of hydrogen-bond acceptors (Lipinski definition) is 3. The highest BCUT2D eigenvalue weighted by Crippen LogP contribution is 2.25. The lowest BCUT2D eigenvalue weighted by molar-refractivity contribution is -0.155. The predicted molar refractivity (Wildman–Crippen MR) is 66.6 cm³/mol. The van der Waals surface area contributed by atoms with Gasteiger partial charge in [0.25, 0.3) is 0 Å². The van der Waals surface area contributed by atoms with E-state index in [0.717, 1.165) is 38.7 Å². The molecular formula is C14H24O3. The summed E-state index contributed by atoms with van der Waals surface area (Å²) in [5, 5.41) is 9.80. The second-order valence-electron chi connectivity index (χ2n) is 5.07. The molecule has 3 heteroatoms. The summed E-state index contributed by atoms with van der Waals surface area (Å²) >= 11 is 0. The fourth-order valence-electron chi connectivity index (χ4n) is 2.60. The minimum atomic E-state index is -0.147. The highest BCUT2D eigenvalue weighted by molar-refractivity contribution is 4.93. The second-order valence-corrected chi connectivity index (χ2v) is 5.07. The number of aliphatic hydroxyl groups excluding tert-OH is 1. The maximum absolute atomic E-state index is 9.80. The second kappa shape index (κ2) is 7.14. The van der Waals surface area contributed by atoms with Crippen molar-refractivity contribution in [3.05, 3.63) is 12.2 Å². The molecular weight excluding hydrogens is 216 g/mol. The Morgan fingerprint density at radius 2 is 1.94 bits per heavy atom. The molecule has 2 fully saturated rings. The molecule has 0 unspecified atom stereocenters. The van der Waals surface area contributed by atoms with Gasteiger partial charge in [-0.1, -0.05) is 25.0 Å². The Kier molecular flexibility index (Phi) is 5.49. The van der Waals surface area contributed by atoms with Crippen molar-refractivity contribution >= 4 is 0 Å². The Labute approximate surface area is 104 Å². The molecule has 1 aliphatic heterocycles. The van der Waals surface area contributed by atoms with Crippen molar-refractivity contribution in [2.24, 2.45) is 5.92 Å². The molecule has 0 aromatic rings. The average molecular weight is 240 g/mol. The van der Waals surface area contributed by atoms with Crippen LogP contribution in [0.5, 0.6) is 0 Å². The van der Waals surface area contributed by atoms with E-state index in [1.165, 1.54) is 12.8 Å². The fraction of sp³-hybridized carbons (Fsp3) is 0.857. The topological polar surface area (TPSA) is 38.7 Å². The van der Waals surface area contributed by atoms with Gasteiger partial charge in [0.15, 0.2) is 6.29 Å². The van der Waals surface area contributed by atoms with Crippen LogP contribution in [0.4, 0.5) is 0 Å². The van der Waals surface area contributed by atoms with Gasteiger partial charge in [-0.3, -0.25) is 0 Å². The Morgan fingerprint density at radius 3 is 2.71 bits per heavy atom. The molecule has 3 atom stereocenters. The number of hydrogen-bond donors (Lipinski definition) is 1. The van der Waals surface area contributed by atoms with Crippen molar-refractivity contribution in [2.75, 3.05) is 13.2 Å². The van der Waals surface area contributed by atoms with Gasteiger partial charge in [0.05, 0.1) is 12.7 Å². The van der Waals surface area contributed by atoms with Crippen LogP contribution in [-0.4, -0.2) is 30.7 Å². The van der Waals surface area contributed by atoms with Gasteiger partial charge in [-0.05, 0) is 32.1 Å². The summed E-state index contributed by atoms with van der Waals surface area (Å²) in [7, 11) is 0. The van der Waals surface area contributed by atoms with Gasteiger partial charge < -0.3 is 14.6 Å². The van der Waals surface area contributed by atoms with Crippen molar-refractivity contribution in [3.63, 3.8) is 0 Å². The number of ether oxygens (including phenoxy) is 2. The quantitative estimate of drug-likeness (QED) is 0.768. The first-order valence-corrected chi connectivity index (χ1v) is 6.94. The number of aliphatic hydroxyl groups is 1.